The summed E-state index contributed by atoms with van der Waals surface area (Å²) in [5.41, 5.74) is 1.06. The smallest absolute Gasteiger partial charge is 0.264 e. The first kappa shape index (κ1) is 25.6. The number of anilines is 2. The molecule has 35 heavy (non-hydrogen) atoms. The predicted octanol–water partition coefficient (Wildman–Crippen LogP) is 3.29. The average Bonchev–Trinajstić information content (AvgIpc) is 2.87. The van der Waals surface area contributed by atoms with Gasteiger partial charge in [0.15, 0.2) is 6.61 Å². The Balaban J connectivity index is 1.74. The van der Waals surface area contributed by atoms with Crippen LogP contribution in [-0.2, 0) is 14.8 Å². The molecular formula is C25H27N3O6S. The standard InChI is InChI=1S/C25H27N3O6S/c1-4-26-24(29)17-34-22-9-6-8-19(16-22)27-25(30)18-7-5-10-23(15-18)35(31,32)28(2)20-11-13-21(33-3)14-12-20/h5-16H,4,17H2,1-3H3,(H,26,29)(H,27,30). The Morgan fingerprint density at radius 1 is 0.943 bits per heavy atom. The molecule has 2 amide bonds. The number of rotatable bonds is 10. The van der Waals surface area contributed by atoms with Crippen molar-refractivity contribution < 1.29 is 27.5 Å². The van der Waals surface area contributed by atoms with E-state index in [0.717, 1.165) is 4.31 Å². The molecule has 0 aliphatic carbocycles. The molecule has 0 heterocycles. The quantitative estimate of drug-likeness (QED) is 0.444. The van der Waals surface area contributed by atoms with E-state index in [4.69, 9.17) is 9.47 Å². The normalized spacial score (nSPS) is 10.8. The van der Waals surface area contributed by atoms with Gasteiger partial charge in [-0.3, -0.25) is 13.9 Å². The minimum atomic E-state index is -3.91. The number of sulfonamides is 1. The molecule has 0 unspecified atom stereocenters. The first-order valence-electron chi connectivity index (χ1n) is 10.8. The fourth-order valence-electron chi connectivity index (χ4n) is 3.15. The van der Waals surface area contributed by atoms with Gasteiger partial charge in [0.1, 0.15) is 11.5 Å². The van der Waals surface area contributed by atoms with Crippen molar-refractivity contribution in [3.63, 3.8) is 0 Å². The molecule has 0 saturated heterocycles. The van der Waals surface area contributed by atoms with Crippen molar-refractivity contribution >= 4 is 33.2 Å². The van der Waals surface area contributed by atoms with Crippen LogP contribution in [0.15, 0.2) is 77.7 Å². The predicted molar refractivity (Wildman–Crippen MR) is 134 cm³/mol. The number of hydrogen-bond acceptors (Lipinski definition) is 6. The van der Waals surface area contributed by atoms with Gasteiger partial charge in [0.25, 0.3) is 21.8 Å². The summed E-state index contributed by atoms with van der Waals surface area (Å²) >= 11 is 0. The number of methoxy groups -OCH3 is 1. The van der Waals surface area contributed by atoms with E-state index in [2.05, 4.69) is 10.6 Å². The third kappa shape index (κ3) is 6.51. The SMILES string of the molecule is CCNC(=O)COc1cccc(NC(=O)c2cccc(S(=O)(=O)N(C)c3ccc(OC)cc3)c2)c1. The van der Waals surface area contributed by atoms with Crippen LogP contribution in [0.2, 0.25) is 0 Å². The van der Waals surface area contributed by atoms with Gasteiger partial charge in [-0.15, -0.1) is 0 Å². The highest BCUT2D eigenvalue weighted by molar-refractivity contribution is 7.92. The van der Waals surface area contributed by atoms with Crippen LogP contribution in [0.5, 0.6) is 11.5 Å². The lowest BCUT2D eigenvalue weighted by Gasteiger charge is -2.20. The summed E-state index contributed by atoms with van der Waals surface area (Å²) in [4.78, 5) is 24.4. The van der Waals surface area contributed by atoms with E-state index in [1.807, 2.05) is 6.92 Å². The van der Waals surface area contributed by atoms with Crippen LogP contribution in [0.4, 0.5) is 11.4 Å². The fraction of sp³-hybridized carbons (Fsp3) is 0.200. The van der Waals surface area contributed by atoms with Crippen LogP contribution in [0.25, 0.3) is 0 Å². The number of hydrogen-bond donors (Lipinski definition) is 2. The lowest BCUT2D eigenvalue weighted by Crippen LogP contribution is -2.28. The molecule has 0 spiro atoms. The zero-order valence-electron chi connectivity index (χ0n) is 19.6. The van der Waals surface area contributed by atoms with E-state index >= 15 is 0 Å². The van der Waals surface area contributed by atoms with Gasteiger partial charge in [-0.1, -0.05) is 12.1 Å². The van der Waals surface area contributed by atoms with Gasteiger partial charge in [0.2, 0.25) is 0 Å². The third-order valence-corrected chi connectivity index (χ3v) is 6.81. The summed E-state index contributed by atoms with van der Waals surface area (Å²) < 4.78 is 38.0. The molecule has 184 valence electrons. The van der Waals surface area contributed by atoms with Crippen molar-refractivity contribution in [2.75, 3.05) is 36.9 Å². The molecule has 10 heteroatoms. The zero-order valence-corrected chi connectivity index (χ0v) is 20.5. The number of nitrogens with one attached hydrogen (secondary N) is 2. The number of carbonyl (C=O) groups is 2. The Labute approximate surface area is 204 Å². The fourth-order valence-corrected chi connectivity index (χ4v) is 4.39. The van der Waals surface area contributed by atoms with Crippen LogP contribution >= 0.6 is 0 Å². The van der Waals surface area contributed by atoms with Crippen molar-refractivity contribution in [3.8, 4) is 11.5 Å². The lowest BCUT2D eigenvalue weighted by atomic mass is 10.2. The zero-order chi connectivity index (χ0) is 25.4. The second kappa shape index (κ2) is 11.4. The van der Waals surface area contributed by atoms with E-state index in [0.29, 0.717) is 29.4 Å². The number of benzene rings is 3. The van der Waals surface area contributed by atoms with E-state index in [9.17, 15) is 18.0 Å². The summed E-state index contributed by atoms with van der Waals surface area (Å²) in [5.74, 6) is 0.276. The Bertz CT molecular complexity index is 1290. The molecular weight excluding hydrogens is 470 g/mol. The van der Waals surface area contributed by atoms with Gasteiger partial charge in [-0.2, -0.15) is 0 Å². The number of ether oxygens (including phenoxy) is 2. The minimum Gasteiger partial charge on any atom is -0.497 e. The first-order valence-corrected chi connectivity index (χ1v) is 12.2. The second-order valence-electron chi connectivity index (χ2n) is 7.42. The Morgan fingerprint density at radius 2 is 1.66 bits per heavy atom. The monoisotopic (exact) mass is 497 g/mol. The highest BCUT2D eigenvalue weighted by atomic mass is 32.2. The molecule has 9 nitrogen and oxygen atoms in total. The number of carbonyl (C=O) groups excluding carboxylic acids is 2. The maximum absolute atomic E-state index is 13.2. The molecule has 0 saturated carbocycles. The van der Waals surface area contributed by atoms with Gasteiger partial charge < -0.3 is 20.1 Å². The van der Waals surface area contributed by atoms with Crippen LogP contribution in [0, 0.1) is 0 Å². The molecule has 3 aromatic rings. The topological polar surface area (TPSA) is 114 Å². The Hall–Kier alpha value is -4.05. The van der Waals surface area contributed by atoms with Crippen LogP contribution in [0.3, 0.4) is 0 Å². The molecule has 0 aromatic heterocycles. The van der Waals surface area contributed by atoms with E-state index in [1.54, 1.807) is 48.5 Å². The molecule has 0 atom stereocenters. The van der Waals surface area contributed by atoms with Gasteiger partial charge in [-0.05, 0) is 61.5 Å². The molecule has 3 aromatic carbocycles. The summed E-state index contributed by atoms with van der Waals surface area (Å²) in [7, 11) is -0.943. The van der Waals surface area contributed by atoms with Gasteiger partial charge in [0, 0.05) is 30.9 Å². The van der Waals surface area contributed by atoms with Gasteiger partial charge in [-0.25, -0.2) is 8.42 Å². The highest BCUT2D eigenvalue weighted by Crippen LogP contribution is 2.25. The van der Waals surface area contributed by atoms with E-state index < -0.39 is 15.9 Å². The Kier molecular flexibility index (Phi) is 8.32. The number of amides is 2. The third-order valence-electron chi connectivity index (χ3n) is 5.03. The van der Waals surface area contributed by atoms with Crippen LogP contribution < -0.4 is 24.4 Å². The molecule has 0 fully saturated rings. The number of likely N-dealkylation sites (N-methyl/N-ethyl adjacent to an activating group) is 1. The molecule has 0 aliphatic rings. The second-order valence-corrected chi connectivity index (χ2v) is 9.39. The number of nitrogens with zero attached hydrogens (tertiary/aromatic N) is 1. The first-order chi connectivity index (χ1) is 16.7. The maximum Gasteiger partial charge on any atom is 0.264 e. The highest BCUT2D eigenvalue weighted by Gasteiger charge is 2.22. The minimum absolute atomic E-state index is 0.0255. The van der Waals surface area contributed by atoms with E-state index in [-0.39, 0.29) is 23.0 Å². The Morgan fingerprint density at radius 3 is 2.34 bits per heavy atom. The van der Waals surface area contributed by atoms with Crippen molar-refractivity contribution in [2.45, 2.75) is 11.8 Å². The molecule has 3 rings (SSSR count). The average molecular weight is 498 g/mol. The maximum atomic E-state index is 13.2. The summed E-state index contributed by atoms with van der Waals surface area (Å²) in [6.07, 6.45) is 0. The van der Waals surface area contributed by atoms with Crippen LogP contribution in [-0.4, -0.2) is 47.5 Å². The van der Waals surface area contributed by atoms with Crippen LogP contribution in [0.1, 0.15) is 17.3 Å². The van der Waals surface area contributed by atoms with Gasteiger partial charge in [0.05, 0.1) is 17.7 Å². The van der Waals surface area contributed by atoms with Crippen molar-refractivity contribution in [1.29, 1.82) is 0 Å². The van der Waals surface area contributed by atoms with Gasteiger partial charge >= 0.3 is 0 Å². The summed E-state index contributed by atoms with van der Waals surface area (Å²) in [6, 6.07) is 19.0. The molecule has 0 bridgehead atoms. The molecule has 0 radical (unpaired) electrons. The van der Waals surface area contributed by atoms with E-state index in [1.165, 1.54) is 38.4 Å². The van der Waals surface area contributed by atoms with Crippen molar-refractivity contribution in [1.82, 2.24) is 5.32 Å². The summed E-state index contributed by atoms with van der Waals surface area (Å²) in [6.45, 7) is 2.17. The summed E-state index contributed by atoms with van der Waals surface area (Å²) in [5, 5.41) is 5.35. The largest absolute Gasteiger partial charge is 0.497 e. The molecule has 2 N–H and O–H groups in total. The van der Waals surface area contributed by atoms with Crippen molar-refractivity contribution in [3.05, 3.63) is 78.4 Å². The van der Waals surface area contributed by atoms with Crippen molar-refractivity contribution in [2.24, 2.45) is 0 Å². The lowest BCUT2D eigenvalue weighted by molar-refractivity contribution is -0.122. The molecule has 0 aliphatic heterocycles.